The second-order valence-corrected chi connectivity index (χ2v) is 6.71. The summed E-state index contributed by atoms with van der Waals surface area (Å²) >= 11 is 0. The molecule has 13 heteroatoms. The molecule has 0 radical (unpaired) electrons. The second kappa shape index (κ2) is 7.95. The SMILES string of the molecule is CCNc1nc(-n2cc(C(=O)NC)cn2)nc2c1ncn2[C@@H]1O[C@H](CO)[C@@H](O)[C@H]1O. The number of aromatic nitrogens is 6. The number of carbonyl (C=O) groups excluding carboxylic acids is 1. The molecule has 1 saturated heterocycles. The molecule has 4 heterocycles. The Morgan fingerprint density at radius 2 is 2.10 bits per heavy atom. The number of nitrogens with one attached hydrogen (secondary N) is 2. The molecule has 1 fully saturated rings. The van der Waals surface area contributed by atoms with Crippen LogP contribution in [-0.2, 0) is 4.74 Å². The molecule has 1 amide bonds. The average molecular weight is 418 g/mol. The van der Waals surface area contributed by atoms with Crippen molar-refractivity contribution in [3.05, 3.63) is 24.3 Å². The third-order valence-electron chi connectivity index (χ3n) is 4.82. The minimum absolute atomic E-state index is 0.169. The Kier molecular flexibility index (Phi) is 5.34. The Morgan fingerprint density at radius 1 is 1.30 bits per heavy atom. The lowest BCUT2D eigenvalue weighted by molar-refractivity contribution is -0.0511. The van der Waals surface area contributed by atoms with Gasteiger partial charge >= 0.3 is 0 Å². The number of rotatable bonds is 6. The van der Waals surface area contributed by atoms with Gasteiger partial charge in [0.05, 0.1) is 24.7 Å². The fourth-order valence-electron chi connectivity index (χ4n) is 3.29. The zero-order valence-corrected chi connectivity index (χ0v) is 16.3. The van der Waals surface area contributed by atoms with E-state index in [2.05, 4.69) is 30.7 Å². The van der Waals surface area contributed by atoms with Crippen molar-refractivity contribution in [3.63, 3.8) is 0 Å². The van der Waals surface area contributed by atoms with Gasteiger partial charge in [0.15, 0.2) is 23.2 Å². The highest BCUT2D eigenvalue weighted by Gasteiger charge is 2.44. The van der Waals surface area contributed by atoms with Gasteiger partial charge in [-0.05, 0) is 6.92 Å². The van der Waals surface area contributed by atoms with Gasteiger partial charge < -0.3 is 30.7 Å². The minimum atomic E-state index is -1.29. The van der Waals surface area contributed by atoms with Crippen LogP contribution in [0.3, 0.4) is 0 Å². The van der Waals surface area contributed by atoms with E-state index in [1.165, 1.54) is 35.0 Å². The van der Waals surface area contributed by atoms with Crippen molar-refractivity contribution in [2.75, 3.05) is 25.5 Å². The maximum Gasteiger partial charge on any atom is 0.254 e. The van der Waals surface area contributed by atoms with Gasteiger partial charge in [0.2, 0.25) is 0 Å². The number of amides is 1. The molecule has 4 atom stereocenters. The van der Waals surface area contributed by atoms with Gasteiger partial charge in [-0.3, -0.25) is 9.36 Å². The van der Waals surface area contributed by atoms with Gasteiger partial charge in [0.25, 0.3) is 11.9 Å². The number of carbonyl (C=O) groups is 1. The van der Waals surface area contributed by atoms with E-state index >= 15 is 0 Å². The van der Waals surface area contributed by atoms with Crippen molar-refractivity contribution in [1.82, 2.24) is 34.6 Å². The summed E-state index contributed by atoms with van der Waals surface area (Å²) in [7, 11) is 1.52. The molecule has 3 aromatic rings. The molecule has 30 heavy (non-hydrogen) atoms. The molecule has 1 aliphatic heterocycles. The Bertz CT molecular complexity index is 1070. The zero-order chi connectivity index (χ0) is 21.4. The lowest BCUT2D eigenvalue weighted by Crippen LogP contribution is -2.33. The molecule has 4 rings (SSSR count). The normalized spacial score (nSPS) is 23.8. The van der Waals surface area contributed by atoms with Crippen molar-refractivity contribution in [2.45, 2.75) is 31.5 Å². The lowest BCUT2D eigenvalue weighted by Gasteiger charge is -2.17. The summed E-state index contributed by atoms with van der Waals surface area (Å²) in [6.07, 6.45) is -0.176. The fourth-order valence-corrected chi connectivity index (χ4v) is 3.29. The van der Waals surface area contributed by atoms with Gasteiger partial charge in [-0.15, -0.1) is 0 Å². The number of aliphatic hydroxyl groups excluding tert-OH is 3. The molecule has 160 valence electrons. The standard InChI is InChI=1S/C17H22N8O5/c1-3-19-13-10-14(23-17(22-13)25-5-8(4-21-25)15(29)18-2)24(7-20-10)16-12(28)11(27)9(6-26)30-16/h4-5,7,9,11-12,16,26-28H,3,6H2,1-2H3,(H,18,29)(H,19,22,23)/t9-,11-,12-,16-/m1/s1. The number of aliphatic hydroxyl groups is 3. The number of nitrogens with zero attached hydrogens (tertiary/aromatic N) is 6. The third kappa shape index (κ3) is 3.27. The summed E-state index contributed by atoms with van der Waals surface area (Å²) < 4.78 is 8.41. The van der Waals surface area contributed by atoms with Crippen molar-refractivity contribution < 1.29 is 24.9 Å². The van der Waals surface area contributed by atoms with Crippen LogP contribution < -0.4 is 10.6 Å². The molecule has 5 N–H and O–H groups in total. The van der Waals surface area contributed by atoms with Gasteiger partial charge in [0.1, 0.15) is 18.3 Å². The largest absolute Gasteiger partial charge is 0.394 e. The molecule has 0 unspecified atom stereocenters. The second-order valence-electron chi connectivity index (χ2n) is 6.71. The average Bonchev–Trinajstić information content (AvgIpc) is 3.46. The zero-order valence-electron chi connectivity index (χ0n) is 16.3. The quantitative estimate of drug-likeness (QED) is 0.314. The highest BCUT2D eigenvalue weighted by Crippen LogP contribution is 2.32. The summed E-state index contributed by atoms with van der Waals surface area (Å²) in [4.78, 5) is 25.1. The summed E-state index contributed by atoms with van der Waals surface area (Å²) in [6.45, 7) is 2.02. The number of fused-ring (bicyclic) bond motifs is 1. The van der Waals surface area contributed by atoms with Gasteiger partial charge in [-0.25, -0.2) is 9.67 Å². The Balaban J connectivity index is 1.81. The Hall–Kier alpha value is -3.13. The van der Waals surface area contributed by atoms with Crippen molar-refractivity contribution in [3.8, 4) is 5.95 Å². The first kappa shape index (κ1) is 20.2. The first-order chi connectivity index (χ1) is 14.5. The fraction of sp³-hybridized carbons (Fsp3) is 0.471. The third-order valence-corrected chi connectivity index (χ3v) is 4.82. The molecule has 0 bridgehead atoms. The topological polar surface area (TPSA) is 172 Å². The predicted octanol–water partition coefficient (Wildman–Crippen LogP) is -1.59. The smallest absolute Gasteiger partial charge is 0.254 e. The number of anilines is 1. The maximum atomic E-state index is 11.8. The molecule has 0 saturated carbocycles. The van der Waals surface area contributed by atoms with E-state index in [0.29, 0.717) is 29.1 Å². The monoisotopic (exact) mass is 418 g/mol. The van der Waals surface area contributed by atoms with Crippen molar-refractivity contribution >= 4 is 22.9 Å². The summed E-state index contributed by atoms with van der Waals surface area (Å²) in [5.41, 5.74) is 1.09. The van der Waals surface area contributed by atoms with Crippen LogP contribution in [0.15, 0.2) is 18.7 Å². The first-order valence-corrected chi connectivity index (χ1v) is 9.36. The molecule has 0 spiro atoms. The van der Waals surface area contributed by atoms with E-state index in [0.717, 1.165) is 0 Å². The number of imidazole rings is 1. The van der Waals surface area contributed by atoms with Crippen LogP contribution >= 0.6 is 0 Å². The number of hydrogen-bond donors (Lipinski definition) is 5. The van der Waals surface area contributed by atoms with Crippen LogP contribution in [0, 0.1) is 0 Å². The highest BCUT2D eigenvalue weighted by molar-refractivity contribution is 5.93. The Labute approximate surface area is 170 Å². The summed E-state index contributed by atoms with van der Waals surface area (Å²) in [6, 6.07) is 0. The lowest BCUT2D eigenvalue weighted by atomic mass is 10.1. The molecular formula is C17H22N8O5. The van der Waals surface area contributed by atoms with E-state index in [9.17, 15) is 20.1 Å². The van der Waals surface area contributed by atoms with Crippen LogP contribution in [0.2, 0.25) is 0 Å². The molecule has 3 aromatic heterocycles. The van der Waals surface area contributed by atoms with Gasteiger partial charge in [-0.1, -0.05) is 0 Å². The van der Waals surface area contributed by atoms with Crippen LogP contribution in [-0.4, -0.2) is 89.0 Å². The van der Waals surface area contributed by atoms with E-state index in [1.54, 1.807) is 0 Å². The van der Waals surface area contributed by atoms with Gasteiger partial charge in [0, 0.05) is 19.8 Å². The van der Waals surface area contributed by atoms with Crippen LogP contribution in [0.5, 0.6) is 0 Å². The van der Waals surface area contributed by atoms with Crippen LogP contribution in [0.1, 0.15) is 23.5 Å². The maximum absolute atomic E-state index is 11.8. The summed E-state index contributed by atoms with van der Waals surface area (Å²) in [5, 5.41) is 39.6. The predicted molar refractivity (Wildman–Crippen MR) is 103 cm³/mol. The van der Waals surface area contributed by atoms with E-state index in [4.69, 9.17) is 4.74 Å². The molecule has 0 aromatic carbocycles. The van der Waals surface area contributed by atoms with Crippen LogP contribution in [0.4, 0.5) is 5.82 Å². The molecular weight excluding hydrogens is 396 g/mol. The Morgan fingerprint density at radius 3 is 2.77 bits per heavy atom. The number of hydrogen-bond acceptors (Lipinski definition) is 10. The molecule has 1 aliphatic rings. The molecule has 0 aliphatic carbocycles. The van der Waals surface area contributed by atoms with Crippen molar-refractivity contribution in [2.24, 2.45) is 0 Å². The summed E-state index contributed by atoms with van der Waals surface area (Å²) in [5.74, 6) is 0.299. The number of ether oxygens (including phenoxy) is 1. The first-order valence-electron chi connectivity index (χ1n) is 9.36. The van der Waals surface area contributed by atoms with E-state index in [1.807, 2.05) is 6.92 Å². The van der Waals surface area contributed by atoms with Crippen molar-refractivity contribution in [1.29, 1.82) is 0 Å². The van der Waals surface area contributed by atoms with Crippen LogP contribution in [0.25, 0.3) is 17.1 Å². The highest BCUT2D eigenvalue weighted by atomic mass is 16.6. The van der Waals surface area contributed by atoms with Gasteiger partial charge in [-0.2, -0.15) is 15.1 Å². The van der Waals surface area contributed by atoms with E-state index < -0.39 is 31.1 Å². The molecule has 13 nitrogen and oxygen atoms in total. The van der Waals surface area contributed by atoms with E-state index in [-0.39, 0.29) is 11.9 Å². The minimum Gasteiger partial charge on any atom is -0.394 e.